The van der Waals surface area contributed by atoms with E-state index in [1.54, 1.807) is 11.9 Å². The van der Waals surface area contributed by atoms with Crippen LogP contribution in [0, 0.1) is 0 Å². The average Bonchev–Trinajstić information content (AvgIpc) is 2.24. The highest BCUT2D eigenvalue weighted by atomic mass is 35.5. The molecule has 0 aliphatic rings. The molecule has 1 N–H and O–H groups in total. The highest BCUT2D eigenvalue weighted by Crippen LogP contribution is 2.22. The maximum absolute atomic E-state index is 12.0. The summed E-state index contributed by atoms with van der Waals surface area (Å²) in [5, 5.41) is 3.62. The third-order valence-electron chi connectivity index (χ3n) is 2.71. The fourth-order valence-corrected chi connectivity index (χ4v) is 1.77. The van der Waals surface area contributed by atoms with Crippen LogP contribution in [0.4, 0.5) is 4.79 Å². The summed E-state index contributed by atoms with van der Waals surface area (Å²) in [6.07, 6.45) is 0. The van der Waals surface area contributed by atoms with Crippen LogP contribution in [0.2, 0.25) is 5.02 Å². The highest BCUT2D eigenvalue weighted by molar-refractivity contribution is 6.30. The predicted molar refractivity (Wildman–Crippen MR) is 75.9 cm³/mol. The Morgan fingerprint density at radius 1 is 1.39 bits per heavy atom. The number of amides is 2. The molecule has 3 nitrogen and oxygen atoms in total. The third kappa shape index (κ3) is 4.22. The number of urea groups is 1. The monoisotopic (exact) mass is 268 g/mol. The zero-order valence-electron chi connectivity index (χ0n) is 11.6. The Kier molecular flexibility index (Phi) is 4.63. The Labute approximate surface area is 114 Å². The van der Waals surface area contributed by atoms with Gasteiger partial charge >= 0.3 is 6.03 Å². The molecular weight excluding hydrogens is 248 g/mol. The van der Waals surface area contributed by atoms with Crippen LogP contribution in [-0.4, -0.2) is 23.5 Å². The summed E-state index contributed by atoms with van der Waals surface area (Å²) >= 11 is 5.96. The van der Waals surface area contributed by atoms with Gasteiger partial charge in [0.15, 0.2) is 0 Å². The molecule has 0 bridgehead atoms. The van der Waals surface area contributed by atoms with Crippen LogP contribution in [0.1, 0.15) is 39.3 Å². The molecule has 1 rings (SSSR count). The van der Waals surface area contributed by atoms with E-state index in [1.165, 1.54) is 0 Å². The van der Waals surface area contributed by atoms with Crippen molar-refractivity contribution in [2.24, 2.45) is 0 Å². The van der Waals surface area contributed by atoms with Crippen LogP contribution < -0.4 is 5.32 Å². The van der Waals surface area contributed by atoms with Gasteiger partial charge in [-0.25, -0.2) is 4.79 Å². The predicted octanol–water partition coefficient (Wildman–Crippen LogP) is 3.84. The maximum Gasteiger partial charge on any atom is 0.318 e. The summed E-state index contributed by atoms with van der Waals surface area (Å²) in [5.41, 5.74) is 0.786. The number of nitrogens with zero attached hydrogens (tertiary/aromatic N) is 1. The second-order valence-corrected chi connectivity index (χ2v) is 5.96. The van der Waals surface area contributed by atoms with E-state index in [-0.39, 0.29) is 17.6 Å². The van der Waals surface area contributed by atoms with Gasteiger partial charge in [0.2, 0.25) is 0 Å². The third-order valence-corrected chi connectivity index (χ3v) is 2.95. The van der Waals surface area contributed by atoms with Gasteiger partial charge in [-0.2, -0.15) is 0 Å². The summed E-state index contributed by atoms with van der Waals surface area (Å²) in [5.74, 6) is 0. The molecule has 2 amide bonds. The number of nitrogens with one attached hydrogen (secondary N) is 1. The number of rotatable bonds is 2. The number of hydrogen-bond acceptors (Lipinski definition) is 1. The molecule has 1 aromatic carbocycles. The van der Waals surface area contributed by atoms with Gasteiger partial charge in [0, 0.05) is 17.6 Å². The molecule has 0 saturated heterocycles. The van der Waals surface area contributed by atoms with Gasteiger partial charge in [0.1, 0.15) is 0 Å². The van der Waals surface area contributed by atoms with Gasteiger partial charge in [-0.15, -0.1) is 0 Å². The van der Waals surface area contributed by atoms with Crippen LogP contribution in [0.25, 0.3) is 0 Å². The summed E-state index contributed by atoms with van der Waals surface area (Å²) in [7, 11) is 1.78. The van der Waals surface area contributed by atoms with Gasteiger partial charge < -0.3 is 10.2 Å². The lowest BCUT2D eigenvalue weighted by Crippen LogP contribution is -2.47. The van der Waals surface area contributed by atoms with Crippen molar-refractivity contribution in [2.45, 2.75) is 39.3 Å². The largest absolute Gasteiger partial charge is 0.333 e. The highest BCUT2D eigenvalue weighted by Gasteiger charge is 2.21. The number of carbonyl (C=O) groups is 1. The second-order valence-electron chi connectivity index (χ2n) is 5.52. The standard InChI is InChI=1S/C14H21ClN2O/c1-10(11-7-6-8-12(15)9-11)17(5)13(18)16-14(2,3)4/h6-10H,1-5H3,(H,16,18). The Morgan fingerprint density at radius 2 is 2.00 bits per heavy atom. The van der Waals surface area contributed by atoms with Crippen molar-refractivity contribution in [3.8, 4) is 0 Å². The molecule has 1 aromatic rings. The molecule has 0 saturated carbocycles. The lowest BCUT2D eigenvalue weighted by molar-refractivity contribution is 0.185. The molecule has 1 atom stereocenters. The van der Waals surface area contributed by atoms with Crippen molar-refractivity contribution in [1.29, 1.82) is 0 Å². The molecule has 0 fully saturated rings. The maximum atomic E-state index is 12.0. The van der Waals surface area contributed by atoms with Crippen LogP contribution in [0.15, 0.2) is 24.3 Å². The number of benzene rings is 1. The minimum atomic E-state index is -0.237. The molecule has 0 aliphatic heterocycles. The molecule has 0 aliphatic carbocycles. The van der Waals surface area contributed by atoms with Gasteiger partial charge in [-0.05, 0) is 45.4 Å². The van der Waals surface area contributed by atoms with Crippen LogP contribution in [-0.2, 0) is 0 Å². The van der Waals surface area contributed by atoms with E-state index >= 15 is 0 Å². The first-order valence-electron chi connectivity index (χ1n) is 6.01. The molecule has 100 valence electrons. The summed E-state index contributed by atoms with van der Waals surface area (Å²) < 4.78 is 0. The first kappa shape index (κ1) is 14.8. The molecule has 1 unspecified atom stereocenters. The molecule has 4 heteroatoms. The normalized spacial score (nSPS) is 13.0. The van der Waals surface area contributed by atoms with Crippen molar-refractivity contribution in [1.82, 2.24) is 10.2 Å². The molecular formula is C14H21ClN2O. The zero-order chi connectivity index (χ0) is 13.9. The van der Waals surface area contributed by atoms with Crippen molar-refractivity contribution < 1.29 is 4.79 Å². The first-order valence-corrected chi connectivity index (χ1v) is 6.39. The summed E-state index contributed by atoms with van der Waals surface area (Å²) in [4.78, 5) is 13.7. The second kappa shape index (κ2) is 5.61. The fraction of sp³-hybridized carbons (Fsp3) is 0.500. The number of carbonyl (C=O) groups excluding carboxylic acids is 1. The Hall–Kier alpha value is -1.22. The Balaban J connectivity index is 2.78. The van der Waals surface area contributed by atoms with Crippen molar-refractivity contribution in [3.05, 3.63) is 34.9 Å². The van der Waals surface area contributed by atoms with E-state index < -0.39 is 0 Å². The average molecular weight is 269 g/mol. The van der Waals surface area contributed by atoms with Gasteiger partial charge in [0.25, 0.3) is 0 Å². The van der Waals surface area contributed by atoms with E-state index in [2.05, 4.69) is 5.32 Å². The molecule has 0 spiro atoms. The van der Waals surface area contributed by atoms with Crippen LogP contribution in [0.5, 0.6) is 0 Å². The summed E-state index contributed by atoms with van der Waals surface area (Å²) in [6, 6.07) is 7.46. The Morgan fingerprint density at radius 3 is 2.50 bits per heavy atom. The number of halogens is 1. The Bertz CT molecular complexity index is 426. The van der Waals surface area contributed by atoms with E-state index in [4.69, 9.17) is 11.6 Å². The van der Waals surface area contributed by atoms with E-state index in [1.807, 2.05) is 52.0 Å². The summed E-state index contributed by atoms with van der Waals surface area (Å²) in [6.45, 7) is 7.86. The minimum absolute atomic E-state index is 0.0222. The molecule has 18 heavy (non-hydrogen) atoms. The smallest absolute Gasteiger partial charge is 0.318 e. The van der Waals surface area contributed by atoms with Crippen LogP contribution in [0.3, 0.4) is 0 Å². The van der Waals surface area contributed by atoms with Gasteiger partial charge in [-0.1, -0.05) is 23.7 Å². The van der Waals surface area contributed by atoms with Gasteiger partial charge in [-0.3, -0.25) is 0 Å². The van der Waals surface area contributed by atoms with Crippen LogP contribution >= 0.6 is 11.6 Å². The first-order chi connectivity index (χ1) is 8.20. The lowest BCUT2D eigenvalue weighted by Gasteiger charge is -2.30. The zero-order valence-corrected chi connectivity index (χ0v) is 12.4. The molecule has 0 aromatic heterocycles. The molecule has 0 heterocycles. The van der Waals surface area contributed by atoms with E-state index in [9.17, 15) is 4.79 Å². The lowest BCUT2D eigenvalue weighted by atomic mass is 10.1. The quantitative estimate of drug-likeness (QED) is 0.868. The topological polar surface area (TPSA) is 32.3 Å². The van der Waals surface area contributed by atoms with E-state index in [0.29, 0.717) is 5.02 Å². The SMILES string of the molecule is CC(c1cccc(Cl)c1)N(C)C(=O)NC(C)(C)C. The minimum Gasteiger partial charge on any atom is -0.333 e. The number of hydrogen-bond donors (Lipinski definition) is 1. The van der Waals surface area contributed by atoms with Crippen molar-refractivity contribution in [3.63, 3.8) is 0 Å². The van der Waals surface area contributed by atoms with Crippen molar-refractivity contribution >= 4 is 17.6 Å². The van der Waals surface area contributed by atoms with E-state index in [0.717, 1.165) is 5.56 Å². The van der Waals surface area contributed by atoms with Gasteiger partial charge in [0.05, 0.1) is 6.04 Å². The fourth-order valence-electron chi connectivity index (χ4n) is 1.57. The van der Waals surface area contributed by atoms with Crippen molar-refractivity contribution in [2.75, 3.05) is 7.05 Å². The molecule has 0 radical (unpaired) electrons.